The van der Waals surface area contributed by atoms with Crippen molar-refractivity contribution in [1.82, 2.24) is 36.4 Å². The number of nitrogens with zero attached hydrogens (tertiary/aromatic N) is 2. The van der Waals surface area contributed by atoms with Crippen molar-refractivity contribution < 1.29 is 83.9 Å². The van der Waals surface area contributed by atoms with Gasteiger partial charge in [-0.3, -0.25) is 33.6 Å². The molecule has 17 N–H and O–H groups in total. The molecule has 13 unspecified atom stereocenters. The van der Waals surface area contributed by atoms with Crippen LogP contribution in [0.4, 0.5) is 0 Å². The molecule has 26 nitrogen and oxygen atoms in total. The Morgan fingerprint density at radius 2 is 1.31 bits per heavy atom. The molecule has 0 saturated carbocycles. The zero-order valence-electron chi connectivity index (χ0n) is 47.8. The van der Waals surface area contributed by atoms with Gasteiger partial charge in [0.15, 0.2) is 6.23 Å². The first-order valence-electron chi connectivity index (χ1n) is 28.6. The smallest absolute Gasteiger partial charge is 0.251 e. The number of phenolic OH excluding ortho intramolecular Hbond substituents is 1. The molecular formula is C58H85N9O17. The molecule has 2 fully saturated rings. The highest BCUT2D eigenvalue weighted by Gasteiger charge is 2.47. The SMILES string of the molecule is CCCCCCCCOc1ccc(-c2ccc(C(=O)NC(CC(O)C(NC(=O)C3C(O)CCN3C(=O)C(NC(=O)C(NC(C)=O)C(O)C(O)c3ccc(O)cc3)C(O)CCN)OCCN)C(=O)NC(C(=O)N3CCC(O)C3)C(C)O)cc2)cc1. The number of carbonyl (C=O) groups excluding carboxylic acids is 7. The number of aliphatic hydroxyl groups is 7. The van der Waals surface area contributed by atoms with Crippen LogP contribution in [-0.2, 0) is 33.5 Å². The predicted octanol–water partition coefficient (Wildman–Crippen LogP) is -1.72. The van der Waals surface area contributed by atoms with Crippen LogP contribution < -0.4 is 42.8 Å². The van der Waals surface area contributed by atoms with Crippen molar-refractivity contribution in [3.63, 3.8) is 0 Å². The van der Waals surface area contributed by atoms with Crippen LogP contribution in [0.3, 0.4) is 0 Å². The number of unbranched alkanes of at least 4 members (excludes halogenated alkanes) is 5. The van der Waals surface area contributed by atoms with Gasteiger partial charge in [0, 0.05) is 45.1 Å². The fourth-order valence-corrected chi connectivity index (χ4v) is 9.92. The number of hydrogen-bond acceptors (Lipinski definition) is 19. The number of rotatable bonds is 33. The number of aliphatic hydroxyl groups excluding tert-OH is 7. The average Bonchev–Trinajstić information content (AvgIpc) is 3.71. The molecule has 0 radical (unpaired) electrons. The van der Waals surface area contributed by atoms with Gasteiger partial charge in [-0.2, -0.15) is 0 Å². The van der Waals surface area contributed by atoms with Crippen molar-refractivity contribution in [3.8, 4) is 22.6 Å². The molecule has 3 aromatic rings. The van der Waals surface area contributed by atoms with E-state index in [-0.39, 0.29) is 75.5 Å². The zero-order valence-corrected chi connectivity index (χ0v) is 47.8. The summed E-state index contributed by atoms with van der Waals surface area (Å²) in [5.74, 6) is -6.46. The van der Waals surface area contributed by atoms with Crippen molar-refractivity contribution in [2.45, 2.75) is 164 Å². The second kappa shape index (κ2) is 33.6. The van der Waals surface area contributed by atoms with E-state index in [1.54, 1.807) is 12.1 Å². The summed E-state index contributed by atoms with van der Waals surface area (Å²) in [6, 6.07) is 9.71. The van der Waals surface area contributed by atoms with Crippen LogP contribution in [0.5, 0.6) is 11.5 Å². The Bertz CT molecular complexity index is 2600. The Hall–Kier alpha value is -6.85. The van der Waals surface area contributed by atoms with Gasteiger partial charge in [0.1, 0.15) is 60.0 Å². The molecule has 2 heterocycles. The number of benzene rings is 3. The van der Waals surface area contributed by atoms with Gasteiger partial charge in [-0.1, -0.05) is 75.4 Å². The number of likely N-dealkylation sites (tertiary alicyclic amines) is 2. The van der Waals surface area contributed by atoms with E-state index < -0.39 is 127 Å². The lowest BCUT2D eigenvalue weighted by molar-refractivity contribution is -0.149. The summed E-state index contributed by atoms with van der Waals surface area (Å²) in [4.78, 5) is 99.2. The molecular weight excluding hydrogens is 1090 g/mol. The first kappa shape index (κ1) is 67.9. The lowest BCUT2D eigenvalue weighted by Gasteiger charge is -2.34. The fourth-order valence-electron chi connectivity index (χ4n) is 9.92. The maximum atomic E-state index is 14.5. The van der Waals surface area contributed by atoms with Gasteiger partial charge in [0.2, 0.25) is 35.4 Å². The van der Waals surface area contributed by atoms with Crippen LogP contribution >= 0.6 is 0 Å². The van der Waals surface area contributed by atoms with Gasteiger partial charge in [0.05, 0.1) is 37.6 Å². The molecule has 464 valence electrons. The van der Waals surface area contributed by atoms with Crippen LogP contribution in [0, 0.1) is 0 Å². The molecule has 2 saturated heterocycles. The Morgan fingerprint density at radius 1 is 0.679 bits per heavy atom. The predicted molar refractivity (Wildman–Crippen MR) is 305 cm³/mol. The zero-order chi connectivity index (χ0) is 61.6. The molecule has 0 aromatic heterocycles. The van der Waals surface area contributed by atoms with Crippen LogP contribution in [0.2, 0.25) is 0 Å². The van der Waals surface area contributed by atoms with Crippen molar-refractivity contribution in [1.29, 1.82) is 0 Å². The van der Waals surface area contributed by atoms with Crippen molar-refractivity contribution in [2.75, 3.05) is 45.9 Å². The van der Waals surface area contributed by atoms with Gasteiger partial charge < -0.3 is 98.2 Å². The van der Waals surface area contributed by atoms with E-state index in [4.69, 9.17) is 20.9 Å². The lowest BCUT2D eigenvalue weighted by Crippen LogP contribution is -2.63. The molecule has 3 aromatic carbocycles. The lowest BCUT2D eigenvalue weighted by atomic mass is 9.97. The molecule has 13 atom stereocenters. The minimum Gasteiger partial charge on any atom is -0.508 e. The third-order valence-corrected chi connectivity index (χ3v) is 14.6. The summed E-state index contributed by atoms with van der Waals surface area (Å²) in [5, 5.41) is 99.2. The maximum Gasteiger partial charge on any atom is 0.251 e. The number of amides is 7. The average molecular weight is 1180 g/mol. The highest BCUT2D eigenvalue weighted by atomic mass is 16.5. The van der Waals surface area contributed by atoms with E-state index in [0.29, 0.717) is 12.4 Å². The van der Waals surface area contributed by atoms with Gasteiger partial charge in [-0.15, -0.1) is 0 Å². The van der Waals surface area contributed by atoms with E-state index in [2.05, 4.69) is 33.5 Å². The minimum atomic E-state index is -2.07. The standard InChI is InChI=1S/C58H85N9O17/c1-4-5-6-7-8-9-29-83-41-20-16-36(17-21-41)35-10-12-38(13-11-35)52(77)62-42(53(78)63-46(33(2)68)57(81)66-27-23-40(71)32-66)31-45(74)56(84-30-26-60)65-55(80)49-44(73)24-28-67(49)58(82)47(43(72)22-25-59)64-54(79)48(61-34(3)69)51(76)50(75)37-14-18-39(70)19-15-37/h10-21,33,40,42-51,56,68,70-76H,4-9,22-32,59-60H2,1-3H3,(H,61,69)(H,62,77)(H,63,78)(H,64,79)(H,65,80). The topological polar surface area (TPSA) is 418 Å². The number of nitrogens with one attached hydrogen (secondary N) is 5. The van der Waals surface area contributed by atoms with Crippen molar-refractivity contribution >= 4 is 41.4 Å². The molecule has 0 bridgehead atoms. The number of phenols is 1. The monoisotopic (exact) mass is 1180 g/mol. The summed E-state index contributed by atoms with van der Waals surface area (Å²) < 4.78 is 11.7. The summed E-state index contributed by atoms with van der Waals surface area (Å²) in [5.41, 5.74) is 13.1. The summed E-state index contributed by atoms with van der Waals surface area (Å²) >= 11 is 0. The first-order chi connectivity index (χ1) is 40.1. The highest BCUT2D eigenvalue weighted by molar-refractivity contribution is 5.99. The number of hydrogen-bond donors (Lipinski definition) is 15. The number of β-amino-alcohol motifs (C(OH)–C–C–N with tert-alkyl or cyclic N) is 1. The van der Waals surface area contributed by atoms with Crippen LogP contribution in [0.1, 0.15) is 107 Å². The van der Waals surface area contributed by atoms with Crippen molar-refractivity contribution in [3.05, 3.63) is 83.9 Å². The molecule has 7 amide bonds. The van der Waals surface area contributed by atoms with Gasteiger partial charge in [0.25, 0.3) is 5.91 Å². The molecule has 5 rings (SSSR count). The van der Waals surface area contributed by atoms with Crippen LogP contribution in [0.15, 0.2) is 72.8 Å². The summed E-state index contributed by atoms with van der Waals surface area (Å²) in [6.07, 6.45) is -7.58. The fraction of sp³-hybridized carbons (Fsp3) is 0.569. The Kier molecular flexibility index (Phi) is 27.2. The first-order valence-corrected chi connectivity index (χ1v) is 28.6. The number of carbonyl (C=O) groups is 7. The quantitative estimate of drug-likeness (QED) is 0.0238. The van der Waals surface area contributed by atoms with Gasteiger partial charge >= 0.3 is 0 Å². The summed E-state index contributed by atoms with van der Waals surface area (Å²) in [6.45, 7) is 4.03. The third-order valence-electron chi connectivity index (χ3n) is 14.6. The maximum absolute atomic E-state index is 14.5. The minimum absolute atomic E-state index is 0.0296. The van der Waals surface area contributed by atoms with Crippen molar-refractivity contribution in [2.24, 2.45) is 11.5 Å². The third kappa shape index (κ3) is 19.6. The number of ether oxygens (including phenoxy) is 2. The Balaban J connectivity index is 1.36. The molecule has 0 spiro atoms. The van der Waals surface area contributed by atoms with E-state index in [9.17, 15) is 74.4 Å². The van der Waals surface area contributed by atoms with Gasteiger partial charge in [-0.25, -0.2) is 0 Å². The number of nitrogens with two attached hydrogens (primary N) is 2. The van der Waals surface area contributed by atoms with E-state index in [0.717, 1.165) is 35.8 Å². The van der Waals surface area contributed by atoms with Crippen LogP contribution in [0.25, 0.3) is 11.1 Å². The van der Waals surface area contributed by atoms with Crippen LogP contribution in [-0.4, -0.2) is 211 Å². The van der Waals surface area contributed by atoms with Gasteiger partial charge in [-0.05, 0) is 92.2 Å². The molecule has 2 aliphatic heterocycles. The largest absolute Gasteiger partial charge is 0.508 e. The molecule has 0 aliphatic carbocycles. The molecule has 26 heteroatoms. The molecule has 2 aliphatic rings. The number of aromatic hydroxyl groups is 1. The van der Waals surface area contributed by atoms with E-state index >= 15 is 0 Å². The highest BCUT2D eigenvalue weighted by Crippen LogP contribution is 2.26. The molecule has 84 heavy (non-hydrogen) atoms. The Labute approximate surface area is 488 Å². The van der Waals surface area contributed by atoms with E-state index in [1.165, 1.54) is 73.9 Å². The second-order valence-corrected chi connectivity index (χ2v) is 21.3. The van der Waals surface area contributed by atoms with E-state index in [1.807, 2.05) is 24.3 Å². The normalized spacial score (nSPS) is 19.5. The Morgan fingerprint density at radius 3 is 1.90 bits per heavy atom. The second-order valence-electron chi connectivity index (χ2n) is 21.3. The summed E-state index contributed by atoms with van der Waals surface area (Å²) in [7, 11) is 0.